The first-order chi connectivity index (χ1) is 12.3. The van der Waals surface area contributed by atoms with Crippen LogP contribution in [0.25, 0.3) is 0 Å². The molecule has 1 heterocycles. The third-order valence-corrected chi connectivity index (χ3v) is 4.51. The van der Waals surface area contributed by atoms with Crippen molar-refractivity contribution in [2.75, 3.05) is 46.6 Å². The Balaban J connectivity index is 0.00000338. The van der Waals surface area contributed by atoms with Crippen molar-refractivity contribution in [2.24, 2.45) is 10.9 Å². The van der Waals surface area contributed by atoms with E-state index < -0.39 is 0 Å². The minimum absolute atomic E-state index is 0. The summed E-state index contributed by atoms with van der Waals surface area (Å²) >= 11 is 6.00. The molecule has 1 aliphatic rings. The molecule has 0 aromatic heterocycles. The Morgan fingerprint density at radius 1 is 1.27 bits per heavy atom. The van der Waals surface area contributed by atoms with Crippen LogP contribution in [0.2, 0.25) is 5.02 Å². The summed E-state index contributed by atoms with van der Waals surface area (Å²) in [5.74, 6) is 1.49. The standard InChI is InChI=1S/C19H30ClN3O2.HI/c1-21-19(23-10-6-16-4-2-5-18(20)14-16)22-9-3-11-25-15-17-7-12-24-13-8-17;/h2,4-5,14,17H,3,6-13,15H2,1H3,(H2,21,22,23);1H. The molecular weight excluding hydrogens is 465 g/mol. The fourth-order valence-electron chi connectivity index (χ4n) is 2.78. The van der Waals surface area contributed by atoms with Crippen LogP contribution in [-0.2, 0) is 15.9 Å². The van der Waals surface area contributed by atoms with Gasteiger partial charge in [0.1, 0.15) is 0 Å². The zero-order valence-electron chi connectivity index (χ0n) is 15.5. The average molecular weight is 496 g/mol. The van der Waals surface area contributed by atoms with E-state index in [-0.39, 0.29) is 24.0 Å². The van der Waals surface area contributed by atoms with Crippen LogP contribution in [0.5, 0.6) is 0 Å². The van der Waals surface area contributed by atoms with Gasteiger partial charge in [-0.15, -0.1) is 24.0 Å². The summed E-state index contributed by atoms with van der Waals surface area (Å²) in [6.07, 6.45) is 4.14. The topological polar surface area (TPSA) is 54.9 Å². The molecule has 2 N–H and O–H groups in total. The lowest BCUT2D eigenvalue weighted by Crippen LogP contribution is -2.39. The smallest absolute Gasteiger partial charge is 0.190 e. The average Bonchev–Trinajstić information content (AvgIpc) is 2.64. The second-order valence-corrected chi connectivity index (χ2v) is 6.73. The molecular formula is C19H31ClIN3O2. The molecule has 0 aliphatic carbocycles. The van der Waals surface area contributed by atoms with Crippen molar-refractivity contribution in [3.8, 4) is 0 Å². The molecule has 1 aromatic rings. The highest BCUT2D eigenvalue weighted by molar-refractivity contribution is 14.0. The molecule has 0 saturated carbocycles. The van der Waals surface area contributed by atoms with Gasteiger partial charge >= 0.3 is 0 Å². The van der Waals surface area contributed by atoms with Crippen molar-refractivity contribution >= 4 is 41.5 Å². The number of nitrogens with one attached hydrogen (secondary N) is 2. The summed E-state index contributed by atoms with van der Waals surface area (Å²) in [6, 6.07) is 7.95. The van der Waals surface area contributed by atoms with Crippen LogP contribution in [0.1, 0.15) is 24.8 Å². The van der Waals surface area contributed by atoms with Gasteiger partial charge in [0.15, 0.2) is 5.96 Å². The lowest BCUT2D eigenvalue weighted by Gasteiger charge is -2.21. The number of ether oxygens (including phenoxy) is 2. The van der Waals surface area contributed by atoms with Gasteiger partial charge in [-0.05, 0) is 49.3 Å². The van der Waals surface area contributed by atoms with Crippen molar-refractivity contribution in [1.29, 1.82) is 0 Å². The van der Waals surface area contributed by atoms with Crippen LogP contribution < -0.4 is 10.6 Å². The highest BCUT2D eigenvalue weighted by Gasteiger charge is 2.13. The maximum atomic E-state index is 6.00. The summed E-state index contributed by atoms with van der Waals surface area (Å²) in [4.78, 5) is 4.24. The van der Waals surface area contributed by atoms with Crippen LogP contribution in [0.3, 0.4) is 0 Å². The number of hydrogen-bond acceptors (Lipinski definition) is 3. The molecule has 0 amide bonds. The Labute approximate surface area is 179 Å². The SMILES string of the molecule is CN=C(NCCCOCC1CCOCC1)NCCc1cccc(Cl)c1.I. The highest BCUT2D eigenvalue weighted by atomic mass is 127. The van der Waals surface area contributed by atoms with Crippen LogP contribution in [0.15, 0.2) is 29.3 Å². The fourth-order valence-corrected chi connectivity index (χ4v) is 3.00. The minimum Gasteiger partial charge on any atom is -0.381 e. The van der Waals surface area contributed by atoms with Gasteiger partial charge in [0, 0.05) is 51.6 Å². The van der Waals surface area contributed by atoms with Gasteiger partial charge in [-0.2, -0.15) is 0 Å². The van der Waals surface area contributed by atoms with Crippen molar-refractivity contribution in [3.05, 3.63) is 34.9 Å². The summed E-state index contributed by atoms with van der Waals surface area (Å²) in [5, 5.41) is 7.42. The zero-order valence-corrected chi connectivity index (χ0v) is 18.6. The van der Waals surface area contributed by atoms with E-state index in [0.717, 1.165) is 76.2 Å². The molecule has 0 unspecified atom stereocenters. The normalized spacial score (nSPS) is 15.4. The maximum Gasteiger partial charge on any atom is 0.190 e. The van der Waals surface area contributed by atoms with Crippen LogP contribution >= 0.6 is 35.6 Å². The van der Waals surface area contributed by atoms with Crippen LogP contribution in [0, 0.1) is 5.92 Å². The number of rotatable bonds is 9. The molecule has 5 nitrogen and oxygen atoms in total. The molecule has 0 bridgehead atoms. The molecule has 1 fully saturated rings. The number of guanidine groups is 1. The van der Waals surface area contributed by atoms with Gasteiger partial charge in [-0.1, -0.05) is 23.7 Å². The summed E-state index contributed by atoms with van der Waals surface area (Å²) < 4.78 is 11.1. The van der Waals surface area contributed by atoms with Gasteiger partial charge in [0.2, 0.25) is 0 Å². The highest BCUT2D eigenvalue weighted by Crippen LogP contribution is 2.14. The lowest BCUT2D eigenvalue weighted by atomic mass is 10.0. The van der Waals surface area contributed by atoms with Crippen molar-refractivity contribution < 1.29 is 9.47 Å². The Morgan fingerprint density at radius 2 is 2.04 bits per heavy atom. The second-order valence-electron chi connectivity index (χ2n) is 6.29. The van der Waals surface area contributed by atoms with Crippen LogP contribution in [-0.4, -0.2) is 52.5 Å². The number of nitrogens with zero attached hydrogens (tertiary/aromatic N) is 1. The van der Waals surface area contributed by atoms with E-state index in [0.29, 0.717) is 5.92 Å². The summed E-state index contributed by atoms with van der Waals surface area (Å²) in [7, 11) is 1.79. The number of benzene rings is 1. The van der Waals surface area contributed by atoms with Gasteiger partial charge < -0.3 is 20.1 Å². The van der Waals surface area contributed by atoms with Gasteiger partial charge in [0.05, 0.1) is 0 Å². The molecule has 7 heteroatoms. The molecule has 148 valence electrons. The third-order valence-electron chi connectivity index (χ3n) is 4.27. The number of aliphatic imine (C=N–C) groups is 1. The Kier molecular flexibility index (Phi) is 13.1. The van der Waals surface area contributed by atoms with E-state index in [4.69, 9.17) is 21.1 Å². The van der Waals surface area contributed by atoms with Crippen molar-refractivity contribution in [1.82, 2.24) is 10.6 Å². The van der Waals surface area contributed by atoms with Gasteiger partial charge in [-0.3, -0.25) is 4.99 Å². The Bertz CT molecular complexity index is 525. The van der Waals surface area contributed by atoms with Gasteiger partial charge in [0.25, 0.3) is 0 Å². The molecule has 2 rings (SSSR count). The van der Waals surface area contributed by atoms with E-state index in [1.165, 1.54) is 5.56 Å². The summed E-state index contributed by atoms with van der Waals surface area (Å²) in [6.45, 7) is 5.07. The fraction of sp³-hybridized carbons (Fsp3) is 0.632. The van der Waals surface area contributed by atoms with E-state index in [2.05, 4.69) is 21.7 Å². The first kappa shape index (κ1) is 23.5. The molecule has 0 spiro atoms. The predicted molar refractivity (Wildman–Crippen MR) is 119 cm³/mol. The third kappa shape index (κ3) is 9.94. The number of hydrogen-bond donors (Lipinski definition) is 2. The second kappa shape index (κ2) is 14.5. The molecule has 1 aliphatic heterocycles. The summed E-state index contributed by atoms with van der Waals surface area (Å²) in [5.41, 5.74) is 1.22. The lowest BCUT2D eigenvalue weighted by molar-refractivity contribution is 0.0203. The first-order valence-electron chi connectivity index (χ1n) is 9.12. The quantitative estimate of drug-likeness (QED) is 0.238. The van der Waals surface area contributed by atoms with Crippen LogP contribution in [0.4, 0.5) is 0 Å². The maximum absolute atomic E-state index is 6.00. The van der Waals surface area contributed by atoms with E-state index in [1.807, 2.05) is 18.2 Å². The largest absolute Gasteiger partial charge is 0.381 e. The van der Waals surface area contributed by atoms with E-state index in [1.54, 1.807) is 7.05 Å². The Hall–Kier alpha value is -0.570. The number of halogens is 2. The zero-order chi connectivity index (χ0) is 17.7. The van der Waals surface area contributed by atoms with E-state index >= 15 is 0 Å². The molecule has 0 radical (unpaired) electrons. The van der Waals surface area contributed by atoms with Gasteiger partial charge in [-0.25, -0.2) is 0 Å². The molecule has 1 aromatic carbocycles. The predicted octanol–water partition coefficient (Wildman–Crippen LogP) is 3.50. The molecule has 1 saturated heterocycles. The molecule has 26 heavy (non-hydrogen) atoms. The molecule has 0 atom stereocenters. The Morgan fingerprint density at radius 3 is 2.77 bits per heavy atom. The monoisotopic (exact) mass is 495 g/mol. The first-order valence-corrected chi connectivity index (χ1v) is 9.50. The minimum atomic E-state index is 0. The van der Waals surface area contributed by atoms with E-state index in [9.17, 15) is 0 Å². The van der Waals surface area contributed by atoms with Crippen molar-refractivity contribution in [3.63, 3.8) is 0 Å². The van der Waals surface area contributed by atoms with Crippen molar-refractivity contribution in [2.45, 2.75) is 25.7 Å².